The van der Waals surface area contributed by atoms with E-state index in [4.69, 9.17) is 0 Å². The molecule has 0 saturated carbocycles. The molecule has 4 unspecified atom stereocenters. The summed E-state index contributed by atoms with van der Waals surface area (Å²) in [5.74, 6) is 1.89. The van der Waals surface area contributed by atoms with Gasteiger partial charge in [0.25, 0.3) is 0 Å². The molecule has 2 N–H and O–H groups in total. The molecule has 4 heteroatoms. The molecule has 0 amide bonds. The van der Waals surface area contributed by atoms with Crippen LogP contribution in [0.2, 0.25) is 0 Å². The number of allylic oxidation sites excluding steroid dienone is 14. The second-order valence-corrected chi connectivity index (χ2v) is 12.8. The number of nitrogens with zero attached hydrogens (tertiary/aromatic N) is 2. The summed E-state index contributed by atoms with van der Waals surface area (Å²) in [5.41, 5.74) is 10.0. The van der Waals surface area contributed by atoms with Gasteiger partial charge in [0, 0.05) is 16.5 Å². The third-order valence-corrected chi connectivity index (χ3v) is 9.42. The summed E-state index contributed by atoms with van der Waals surface area (Å²) in [4.78, 5) is 4.51. The van der Waals surface area contributed by atoms with Gasteiger partial charge in [-0.2, -0.15) is 9.59 Å². The van der Waals surface area contributed by atoms with E-state index in [1.165, 1.54) is 31.4 Å². The van der Waals surface area contributed by atoms with Crippen molar-refractivity contribution in [2.45, 2.75) is 86.4 Å². The predicted molar refractivity (Wildman–Crippen MR) is 149 cm³/mol. The lowest BCUT2D eigenvalue weighted by Crippen LogP contribution is -2.29. The Morgan fingerprint density at radius 1 is 1.00 bits per heavy atom. The lowest BCUT2D eigenvalue weighted by molar-refractivity contribution is 0.341. The molecular weight excluding hydrogens is 440 g/mol. The van der Waals surface area contributed by atoms with E-state index in [0.29, 0.717) is 17.8 Å². The van der Waals surface area contributed by atoms with E-state index in [1.807, 2.05) is 0 Å². The number of nitrogens with one attached hydrogen (secondary N) is 2. The van der Waals surface area contributed by atoms with Crippen molar-refractivity contribution in [1.82, 2.24) is 20.1 Å². The average molecular weight is 485 g/mol. The van der Waals surface area contributed by atoms with E-state index < -0.39 is 0 Å². The highest BCUT2D eigenvalue weighted by Crippen LogP contribution is 2.59. The molecule has 0 radical (unpaired) electrons. The van der Waals surface area contributed by atoms with Crippen molar-refractivity contribution in [3.8, 4) is 0 Å². The van der Waals surface area contributed by atoms with Crippen LogP contribution in [0, 0.1) is 28.6 Å². The molecule has 5 aliphatic carbocycles. The minimum absolute atomic E-state index is 0.0858. The first-order valence-electron chi connectivity index (χ1n) is 14.2. The van der Waals surface area contributed by atoms with Gasteiger partial charge in [0.2, 0.25) is 0 Å². The molecular formula is C32H44N4. The number of rotatable bonds is 6. The molecule has 5 aliphatic rings. The van der Waals surface area contributed by atoms with Gasteiger partial charge in [0.1, 0.15) is 6.67 Å². The molecule has 0 aromatic carbocycles. The number of aromatic nitrogens is 3. The Balaban J connectivity index is 1.29. The fraction of sp³-hybridized carbons (Fsp3) is 0.562. The van der Waals surface area contributed by atoms with Crippen molar-refractivity contribution < 1.29 is 0 Å². The second kappa shape index (κ2) is 8.75. The zero-order chi connectivity index (χ0) is 25.1. The van der Waals surface area contributed by atoms with Crippen molar-refractivity contribution in [2.75, 3.05) is 0 Å². The summed E-state index contributed by atoms with van der Waals surface area (Å²) in [5, 5.41) is 7.42. The lowest BCUT2D eigenvalue weighted by atomic mass is 9.68. The van der Waals surface area contributed by atoms with Crippen molar-refractivity contribution in [1.29, 1.82) is 0 Å². The Labute approximate surface area is 217 Å². The van der Waals surface area contributed by atoms with Crippen LogP contribution >= 0.6 is 0 Å². The number of H-pyrrole nitrogens is 1. The normalized spacial score (nSPS) is 33.1. The van der Waals surface area contributed by atoms with Crippen LogP contribution in [0.25, 0.3) is 0 Å². The monoisotopic (exact) mass is 484 g/mol. The molecule has 36 heavy (non-hydrogen) atoms. The van der Waals surface area contributed by atoms with Gasteiger partial charge in [-0.3, -0.25) is 0 Å². The second-order valence-electron chi connectivity index (χ2n) is 12.8. The van der Waals surface area contributed by atoms with E-state index in [1.54, 1.807) is 27.9 Å². The first kappa shape index (κ1) is 23.8. The van der Waals surface area contributed by atoms with Crippen molar-refractivity contribution >= 4 is 0 Å². The molecule has 1 aromatic heterocycles. The Kier molecular flexibility index (Phi) is 5.77. The van der Waals surface area contributed by atoms with Gasteiger partial charge in [-0.05, 0) is 84.1 Å². The molecule has 0 saturated heterocycles. The fourth-order valence-corrected chi connectivity index (χ4v) is 7.53. The third-order valence-electron chi connectivity index (χ3n) is 9.42. The Morgan fingerprint density at radius 2 is 1.86 bits per heavy atom. The van der Waals surface area contributed by atoms with Crippen LogP contribution in [0.5, 0.6) is 0 Å². The molecule has 0 spiro atoms. The minimum atomic E-state index is 0.0858. The quantitative estimate of drug-likeness (QED) is 0.402. The van der Waals surface area contributed by atoms with E-state index in [2.05, 4.69) is 103 Å². The number of hydrogen-bond donors (Lipinski definition) is 2. The van der Waals surface area contributed by atoms with Crippen molar-refractivity contribution in [3.05, 3.63) is 82.2 Å². The molecule has 0 aliphatic heterocycles. The Bertz CT molecular complexity index is 1240. The van der Waals surface area contributed by atoms with Gasteiger partial charge in [0.15, 0.2) is 0 Å². The molecule has 4 atom stereocenters. The number of fused-ring (bicyclic) bond motifs is 1. The summed E-state index contributed by atoms with van der Waals surface area (Å²) in [6.07, 6.45) is 25.7. The topological polar surface area (TPSA) is 37.7 Å². The largest absolute Gasteiger partial charge is 0.368 e. The Morgan fingerprint density at radius 3 is 2.64 bits per heavy atom. The smallest absolute Gasteiger partial charge is 0.128 e. The summed E-state index contributed by atoms with van der Waals surface area (Å²) >= 11 is 0. The standard InChI is InChI=1S/C32H44N4/c1-22-11-9-13-24(19-22)29-27(33-21-36-34-35(36)20-32(5)17-7-6-8-18-32)16-15-25-28-23(2)12-10-14-26(28)31(3,4)30(25)29/h6-11,14,17,22-24,33-34H,12-13,15-16,18-21H2,1-5H3. The number of aromatic amines is 1. The summed E-state index contributed by atoms with van der Waals surface area (Å²) in [6, 6.07) is 0. The van der Waals surface area contributed by atoms with Crippen LogP contribution in [0.15, 0.2) is 82.2 Å². The summed E-state index contributed by atoms with van der Waals surface area (Å²) < 4.78 is 0. The lowest BCUT2D eigenvalue weighted by Gasteiger charge is -2.37. The summed E-state index contributed by atoms with van der Waals surface area (Å²) in [7, 11) is 0. The first-order chi connectivity index (χ1) is 17.3. The van der Waals surface area contributed by atoms with Crippen LogP contribution in [0.1, 0.15) is 73.1 Å². The van der Waals surface area contributed by atoms with Gasteiger partial charge < -0.3 is 5.32 Å². The highest BCUT2D eigenvalue weighted by atomic mass is 15.8. The zero-order valence-corrected chi connectivity index (χ0v) is 22.9. The molecule has 4 nitrogen and oxygen atoms in total. The zero-order valence-electron chi connectivity index (χ0n) is 22.9. The van der Waals surface area contributed by atoms with Gasteiger partial charge in [-0.1, -0.05) is 83.2 Å². The molecule has 0 bridgehead atoms. The van der Waals surface area contributed by atoms with Crippen LogP contribution in [-0.2, 0) is 13.2 Å². The van der Waals surface area contributed by atoms with E-state index in [-0.39, 0.29) is 10.8 Å². The maximum absolute atomic E-state index is 3.94. The third kappa shape index (κ3) is 4.07. The molecule has 192 valence electrons. The van der Waals surface area contributed by atoms with Gasteiger partial charge >= 0.3 is 0 Å². The highest BCUT2D eigenvalue weighted by molar-refractivity contribution is 5.66. The van der Waals surface area contributed by atoms with Gasteiger partial charge in [-0.15, -0.1) is 0 Å². The van der Waals surface area contributed by atoms with Gasteiger partial charge in [-0.25, -0.2) is 5.21 Å². The molecule has 0 fully saturated rings. The van der Waals surface area contributed by atoms with Crippen LogP contribution in [0.4, 0.5) is 0 Å². The van der Waals surface area contributed by atoms with Crippen molar-refractivity contribution in [2.24, 2.45) is 28.6 Å². The highest BCUT2D eigenvalue weighted by Gasteiger charge is 2.46. The maximum atomic E-state index is 3.94. The van der Waals surface area contributed by atoms with Crippen LogP contribution < -0.4 is 5.32 Å². The van der Waals surface area contributed by atoms with E-state index in [9.17, 15) is 0 Å². The first-order valence-corrected chi connectivity index (χ1v) is 14.2. The molecule has 1 heterocycles. The average Bonchev–Trinajstić information content (AvgIpc) is 3.53. The minimum Gasteiger partial charge on any atom is -0.368 e. The fourth-order valence-electron chi connectivity index (χ4n) is 7.53. The summed E-state index contributed by atoms with van der Waals surface area (Å²) in [6.45, 7) is 14.0. The van der Waals surface area contributed by atoms with E-state index in [0.717, 1.165) is 26.1 Å². The predicted octanol–water partition coefficient (Wildman–Crippen LogP) is 7.57. The number of hydrogen-bond acceptors (Lipinski definition) is 1. The molecule has 1 aromatic rings. The van der Waals surface area contributed by atoms with Crippen LogP contribution in [-0.4, -0.2) is 14.8 Å². The molecule has 6 rings (SSSR count). The Hall–Kier alpha value is -2.62. The maximum Gasteiger partial charge on any atom is 0.128 e. The van der Waals surface area contributed by atoms with E-state index >= 15 is 0 Å². The SMILES string of the molecule is CC1C=CCC(C2=C(NCn3[nH]n3CC3(C)C=CC=CC3)CCC3=C2C(C)(C)C2=C3C(C)CC=C2)C1. The van der Waals surface area contributed by atoms with Crippen LogP contribution in [0.3, 0.4) is 0 Å². The van der Waals surface area contributed by atoms with Gasteiger partial charge in [0.05, 0.1) is 6.54 Å². The van der Waals surface area contributed by atoms with Crippen molar-refractivity contribution in [3.63, 3.8) is 0 Å².